The van der Waals surface area contributed by atoms with Crippen LogP contribution in [0.4, 0.5) is 5.69 Å². The van der Waals surface area contributed by atoms with E-state index in [9.17, 15) is 9.59 Å². The average Bonchev–Trinajstić information content (AvgIpc) is 3.10. The molecule has 0 radical (unpaired) electrons. The van der Waals surface area contributed by atoms with Crippen molar-refractivity contribution in [1.29, 1.82) is 0 Å². The number of carbonyl (C=O) groups is 2. The van der Waals surface area contributed by atoms with E-state index in [0.29, 0.717) is 41.5 Å². The molecule has 1 aliphatic heterocycles. The largest absolute Gasteiger partial charge is 0.482 e. The van der Waals surface area contributed by atoms with E-state index in [0.717, 1.165) is 12.8 Å². The summed E-state index contributed by atoms with van der Waals surface area (Å²) in [7, 11) is 0. The van der Waals surface area contributed by atoms with Gasteiger partial charge >= 0.3 is 0 Å². The minimum Gasteiger partial charge on any atom is -0.482 e. The maximum atomic E-state index is 12.5. The molecule has 1 fully saturated rings. The van der Waals surface area contributed by atoms with Gasteiger partial charge < -0.3 is 15.0 Å². The van der Waals surface area contributed by atoms with Gasteiger partial charge in [0.05, 0.1) is 5.02 Å². The van der Waals surface area contributed by atoms with Gasteiger partial charge in [0, 0.05) is 24.8 Å². The van der Waals surface area contributed by atoms with Crippen LogP contribution in [0, 0.1) is 5.92 Å². The topological polar surface area (TPSA) is 82.7 Å². The fourth-order valence-electron chi connectivity index (χ4n) is 3.25. The van der Waals surface area contributed by atoms with Crippen molar-refractivity contribution in [1.82, 2.24) is 15.8 Å². The Morgan fingerprint density at radius 2 is 2.00 bits per heavy atom. The number of halogens is 1. The first-order valence-corrected chi connectivity index (χ1v) is 10.2. The van der Waals surface area contributed by atoms with Crippen LogP contribution in [0.25, 0.3) is 0 Å². The van der Waals surface area contributed by atoms with Crippen LogP contribution >= 0.6 is 11.6 Å². The number of hydrazine groups is 1. The highest BCUT2D eigenvalue weighted by molar-refractivity contribution is 6.32. The minimum absolute atomic E-state index is 0.0675. The molecule has 8 heteroatoms. The van der Waals surface area contributed by atoms with Gasteiger partial charge in [-0.05, 0) is 50.8 Å². The van der Waals surface area contributed by atoms with E-state index in [1.807, 2.05) is 13.8 Å². The third-order valence-electron chi connectivity index (χ3n) is 4.72. The quantitative estimate of drug-likeness (QED) is 0.583. The molecule has 7 nitrogen and oxygen atoms in total. The first-order valence-electron chi connectivity index (χ1n) is 9.86. The Hall–Kier alpha value is -1.83. The molecule has 28 heavy (non-hydrogen) atoms. The van der Waals surface area contributed by atoms with Crippen LogP contribution in [0.3, 0.4) is 0 Å². The molecule has 3 N–H and O–H groups in total. The van der Waals surface area contributed by atoms with Crippen molar-refractivity contribution in [2.45, 2.75) is 52.6 Å². The Morgan fingerprint density at radius 3 is 2.61 bits per heavy atom. The number of rotatable bonds is 9. The maximum Gasteiger partial charge on any atom is 0.260 e. The summed E-state index contributed by atoms with van der Waals surface area (Å²) in [5.74, 6) is 0.785. The van der Waals surface area contributed by atoms with Gasteiger partial charge in [-0.25, -0.2) is 5.43 Å². The Labute approximate surface area is 172 Å². The van der Waals surface area contributed by atoms with Crippen molar-refractivity contribution in [3.63, 3.8) is 0 Å². The normalized spacial score (nSPS) is 18.9. The van der Waals surface area contributed by atoms with Crippen LogP contribution in [0.15, 0.2) is 18.2 Å². The summed E-state index contributed by atoms with van der Waals surface area (Å²) >= 11 is 6.25. The molecule has 0 aromatic heterocycles. The van der Waals surface area contributed by atoms with Crippen LogP contribution in [0.5, 0.6) is 5.75 Å². The molecule has 1 heterocycles. The summed E-state index contributed by atoms with van der Waals surface area (Å²) in [4.78, 5) is 26.2. The summed E-state index contributed by atoms with van der Waals surface area (Å²) in [5, 5.41) is 3.22. The van der Waals surface area contributed by atoms with E-state index in [2.05, 4.69) is 30.0 Å². The second-order valence-electron chi connectivity index (χ2n) is 7.39. The van der Waals surface area contributed by atoms with E-state index in [1.165, 1.54) is 0 Å². The van der Waals surface area contributed by atoms with Gasteiger partial charge in [-0.1, -0.05) is 25.4 Å². The molecular weight excluding hydrogens is 380 g/mol. The molecular formula is C20H31ClN4O3. The zero-order chi connectivity index (χ0) is 20.7. The molecule has 0 saturated carbocycles. The molecule has 0 aliphatic carbocycles. The number of nitrogens with zero attached hydrogens (tertiary/aromatic N) is 1. The van der Waals surface area contributed by atoms with E-state index < -0.39 is 0 Å². The van der Waals surface area contributed by atoms with E-state index in [-0.39, 0.29) is 24.5 Å². The third kappa shape index (κ3) is 6.36. The Bertz CT molecular complexity index is 679. The molecule has 0 bridgehead atoms. The summed E-state index contributed by atoms with van der Waals surface area (Å²) in [6, 6.07) is 5.01. The fourth-order valence-corrected chi connectivity index (χ4v) is 3.48. The fraction of sp³-hybridized carbons (Fsp3) is 0.600. The number of carbonyl (C=O) groups excluding carboxylic acids is 2. The molecule has 1 aromatic carbocycles. The molecule has 1 aromatic rings. The molecule has 1 saturated heterocycles. The van der Waals surface area contributed by atoms with E-state index in [1.54, 1.807) is 23.1 Å². The van der Waals surface area contributed by atoms with Crippen LogP contribution in [0.2, 0.25) is 5.02 Å². The van der Waals surface area contributed by atoms with Gasteiger partial charge in [0.25, 0.3) is 5.91 Å². The number of hydrogen-bond donors (Lipinski definition) is 3. The Balaban J connectivity index is 1.88. The predicted molar refractivity (Wildman–Crippen MR) is 111 cm³/mol. The average molecular weight is 411 g/mol. The number of benzene rings is 1. The lowest BCUT2D eigenvalue weighted by molar-refractivity contribution is -0.133. The van der Waals surface area contributed by atoms with E-state index in [4.69, 9.17) is 16.3 Å². The lowest BCUT2D eigenvalue weighted by Crippen LogP contribution is -2.40. The summed E-state index contributed by atoms with van der Waals surface area (Å²) in [6.07, 6.45) is 1.76. The van der Waals surface area contributed by atoms with Crippen molar-refractivity contribution in [3.8, 4) is 5.75 Å². The number of likely N-dealkylation sites (N-methyl/N-ethyl adjacent to an activating group) is 1. The van der Waals surface area contributed by atoms with Gasteiger partial charge in [0.1, 0.15) is 11.8 Å². The number of nitrogens with one attached hydrogen (secondary N) is 3. The van der Waals surface area contributed by atoms with Crippen molar-refractivity contribution >= 4 is 29.1 Å². The van der Waals surface area contributed by atoms with Gasteiger partial charge in [-0.2, -0.15) is 0 Å². The zero-order valence-corrected chi connectivity index (χ0v) is 17.8. The smallest absolute Gasteiger partial charge is 0.260 e. The maximum absolute atomic E-state index is 12.5. The number of amides is 2. The van der Waals surface area contributed by atoms with Crippen molar-refractivity contribution in [2.75, 3.05) is 25.0 Å². The SMILES string of the molecule is CCN(CC)C(=O)COc1ccc(NC(=O)C2CC(CC(C)C)NN2)cc1Cl. The molecule has 0 spiro atoms. The molecule has 2 atom stereocenters. The van der Waals surface area contributed by atoms with Crippen LogP contribution in [0.1, 0.15) is 40.5 Å². The zero-order valence-electron chi connectivity index (χ0n) is 17.0. The Kier molecular flexibility index (Phi) is 8.54. The monoisotopic (exact) mass is 410 g/mol. The second-order valence-corrected chi connectivity index (χ2v) is 7.80. The molecule has 156 valence electrons. The number of ether oxygens (including phenoxy) is 1. The minimum atomic E-state index is -0.287. The first kappa shape index (κ1) is 22.5. The summed E-state index contributed by atoms with van der Waals surface area (Å²) in [5.41, 5.74) is 6.82. The van der Waals surface area contributed by atoms with Crippen LogP contribution in [-0.2, 0) is 9.59 Å². The molecule has 2 rings (SSSR count). The highest BCUT2D eigenvalue weighted by Gasteiger charge is 2.29. The molecule has 2 unspecified atom stereocenters. The Morgan fingerprint density at radius 1 is 1.29 bits per heavy atom. The van der Waals surface area contributed by atoms with Gasteiger partial charge in [0.2, 0.25) is 5.91 Å². The van der Waals surface area contributed by atoms with Crippen LogP contribution in [-0.4, -0.2) is 48.5 Å². The lowest BCUT2D eigenvalue weighted by atomic mass is 10.00. The van der Waals surface area contributed by atoms with Crippen molar-refractivity contribution in [3.05, 3.63) is 23.2 Å². The lowest BCUT2D eigenvalue weighted by Gasteiger charge is -2.19. The van der Waals surface area contributed by atoms with Crippen LogP contribution < -0.4 is 20.9 Å². The first-order chi connectivity index (χ1) is 13.3. The summed E-state index contributed by atoms with van der Waals surface area (Å²) < 4.78 is 5.54. The highest BCUT2D eigenvalue weighted by atomic mass is 35.5. The van der Waals surface area contributed by atoms with Crippen molar-refractivity contribution < 1.29 is 14.3 Å². The molecule has 2 amide bonds. The number of anilines is 1. The highest BCUT2D eigenvalue weighted by Crippen LogP contribution is 2.28. The molecule has 1 aliphatic rings. The summed E-state index contributed by atoms with van der Waals surface area (Å²) in [6.45, 7) is 9.38. The number of hydrogen-bond acceptors (Lipinski definition) is 5. The van der Waals surface area contributed by atoms with Gasteiger partial charge in [-0.15, -0.1) is 0 Å². The standard InChI is InChI=1S/C20H31ClN4O3/c1-5-25(6-2)19(26)12-28-18-8-7-14(10-16(18)21)22-20(27)17-11-15(23-24-17)9-13(3)4/h7-8,10,13,15,17,23-24H,5-6,9,11-12H2,1-4H3,(H,22,27). The second kappa shape index (κ2) is 10.6. The van der Waals surface area contributed by atoms with Gasteiger partial charge in [0.15, 0.2) is 6.61 Å². The third-order valence-corrected chi connectivity index (χ3v) is 5.02. The van der Waals surface area contributed by atoms with Crippen molar-refractivity contribution in [2.24, 2.45) is 5.92 Å². The predicted octanol–water partition coefficient (Wildman–Crippen LogP) is 2.81. The van der Waals surface area contributed by atoms with E-state index >= 15 is 0 Å². The van der Waals surface area contributed by atoms with Gasteiger partial charge in [-0.3, -0.25) is 15.0 Å².